The maximum absolute atomic E-state index is 6.33. The van der Waals surface area contributed by atoms with E-state index < -0.39 is 0 Å². The third-order valence-corrected chi connectivity index (χ3v) is 4.39. The van der Waals surface area contributed by atoms with Gasteiger partial charge in [-0.05, 0) is 40.5 Å². The van der Waals surface area contributed by atoms with Crippen LogP contribution in [0.25, 0.3) is 10.8 Å². The molecule has 0 saturated heterocycles. The van der Waals surface area contributed by atoms with Crippen molar-refractivity contribution in [1.82, 2.24) is 0 Å². The van der Waals surface area contributed by atoms with Crippen molar-refractivity contribution in [1.29, 1.82) is 0 Å². The minimum absolute atomic E-state index is 0.307. The van der Waals surface area contributed by atoms with Crippen LogP contribution in [0.15, 0.2) is 42.5 Å². The molecular weight excluding hydrogens is 218 g/mol. The molecule has 0 spiro atoms. The van der Waals surface area contributed by atoms with Gasteiger partial charge in [0.15, 0.2) is 0 Å². The number of nitrogens with two attached hydrogens (primary N) is 1. The molecule has 0 aromatic heterocycles. The molecule has 1 aliphatic carbocycles. The largest absolute Gasteiger partial charge is 0.327 e. The lowest BCUT2D eigenvalue weighted by atomic mass is 9.96. The Morgan fingerprint density at radius 1 is 1.17 bits per heavy atom. The van der Waals surface area contributed by atoms with Crippen LogP contribution in [0.2, 0.25) is 0 Å². The molecule has 1 nitrogen and oxygen atoms in total. The van der Waals surface area contributed by atoms with Crippen LogP contribution in [-0.2, 0) is 6.42 Å². The maximum Gasteiger partial charge on any atom is 0.0113 e. The van der Waals surface area contributed by atoms with Gasteiger partial charge in [-0.15, -0.1) is 0 Å². The van der Waals surface area contributed by atoms with Gasteiger partial charge in [0, 0.05) is 6.04 Å². The van der Waals surface area contributed by atoms with Gasteiger partial charge in [0.1, 0.15) is 0 Å². The SMILES string of the molecule is CC1(C)CC1C(N)Cc1ccc2ccccc2c1. The lowest BCUT2D eigenvalue weighted by Gasteiger charge is -2.14. The smallest absolute Gasteiger partial charge is 0.0113 e. The van der Waals surface area contributed by atoms with E-state index in [9.17, 15) is 0 Å². The summed E-state index contributed by atoms with van der Waals surface area (Å²) in [4.78, 5) is 0. The molecular formula is C17H21N. The van der Waals surface area contributed by atoms with Gasteiger partial charge in [-0.1, -0.05) is 56.3 Å². The Morgan fingerprint density at radius 3 is 2.50 bits per heavy atom. The van der Waals surface area contributed by atoms with Crippen molar-refractivity contribution in [3.63, 3.8) is 0 Å². The second kappa shape index (κ2) is 4.10. The van der Waals surface area contributed by atoms with Crippen molar-refractivity contribution >= 4 is 10.8 Å². The first-order valence-electron chi connectivity index (χ1n) is 6.79. The molecule has 2 atom stereocenters. The van der Waals surface area contributed by atoms with E-state index in [-0.39, 0.29) is 0 Å². The molecule has 0 amide bonds. The number of rotatable bonds is 3. The normalized spacial score (nSPS) is 22.9. The summed E-state index contributed by atoms with van der Waals surface area (Å²) in [5, 5.41) is 2.62. The minimum Gasteiger partial charge on any atom is -0.327 e. The third kappa shape index (κ3) is 2.15. The average molecular weight is 239 g/mol. The number of benzene rings is 2. The zero-order valence-electron chi connectivity index (χ0n) is 11.2. The van der Waals surface area contributed by atoms with Crippen molar-refractivity contribution in [2.24, 2.45) is 17.1 Å². The van der Waals surface area contributed by atoms with E-state index in [1.807, 2.05) is 0 Å². The van der Waals surface area contributed by atoms with Gasteiger partial charge in [-0.3, -0.25) is 0 Å². The fourth-order valence-electron chi connectivity index (χ4n) is 3.02. The van der Waals surface area contributed by atoms with Crippen LogP contribution in [0.5, 0.6) is 0 Å². The van der Waals surface area contributed by atoms with Gasteiger partial charge in [0.2, 0.25) is 0 Å². The highest BCUT2D eigenvalue weighted by Gasteiger charge is 2.48. The molecule has 94 valence electrons. The molecule has 1 heteroatoms. The first-order chi connectivity index (χ1) is 8.56. The molecule has 2 N–H and O–H groups in total. The summed E-state index contributed by atoms with van der Waals surface area (Å²) >= 11 is 0. The molecule has 1 fully saturated rings. The van der Waals surface area contributed by atoms with Gasteiger partial charge in [0.05, 0.1) is 0 Å². The Bertz CT molecular complexity index is 571. The van der Waals surface area contributed by atoms with Crippen LogP contribution in [0.4, 0.5) is 0 Å². The molecule has 2 aromatic carbocycles. The van der Waals surface area contributed by atoms with Crippen molar-refractivity contribution in [3.8, 4) is 0 Å². The van der Waals surface area contributed by atoms with E-state index >= 15 is 0 Å². The van der Waals surface area contributed by atoms with Crippen molar-refractivity contribution in [3.05, 3.63) is 48.0 Å². The van der Waals surface area contributed by atoms with Crippen molar-refractivity contribution in [2.45, 2.75) is 32.7 Å². The van der Waals surface area contributed by atoms with E-state index in [0.29, 0.717) is 17.4 Å². The highest BCUT2D eigenvalue weighted by molar-refractivity contribution is 5.82. The molecule has 1 aliphatic rings. The number of hydrogen-bond donors (Lipinski definition) is 1. The number of hydrogen-bond acceptors (Lipinski definition) is 1. The van der Waals surface area contributed by atoms with Crippen LogP contribution in [-0.4, -0.2) is 6.04 Å². The molecule has 0 radical (unpaired) electrons. The first-order valence-corrected chi connectivity index (χ1v) is 6.79. The van der Waals surface area contributed by atoms with E-state index in [0.717, 1.165) is 6.42 Å². The molecule has 0 heterocycles. The third-order valence-electron chi connectivity index (χ3n) is 4.39. The number of fused-ring (bicyclic) bond motifs is 1. The summed E-state index contributed by atoms with van der Waals surface area (Å²) in [5.41, 5.74) is 8.16. The molecule has 18 heavy (non-hydrogen) atoms. The van der Waals surface area contributed by atoms with Gasteiger partial charge in [-0.2, -0.15) is 0 Å². The van der Waals surface area contributed by atoms with Crippen LogP contribution in [0.3, 0.4) is 0 Å². The monoisotopic (exact) mass is 239 g/mol. The van der Waals surface area contributed by atoms with Gasteiger partial charge < -0.3 is 5.73 Å². The topological polar surface area (TPSA) is 26.0 Å². The Balaban J connectivity index is 1.79. The summed E-state index contributed by atoms with van der Waals surface area (Å²) in [6.07, 6.45) is 2.28. The van der Waals surface area contributed by atoms with E-state index in [1.54, 1.807) is 0 Å². The highest BCUT2D eigenvalue weighted by atomic mass is 14.7. The van der Waals surface area contributed by atoms with E-state index in [4.69, 9.17) is 5.73 Å². The van der Waals surface area contributed by atoms with Crippen molar-refractivity contribution in [2.75, 3.05) is 0 Å². The van der Waals surface area contributed by atoms with Crippen LogP contribution >= 0.6 is 0 Å². The van der Waals surface area contributed by atoms with Crippen LogP contribution < -0.4 is 5.73 Å². The summed E-state index contributed by atoms with van der Waals surface area (Å²) in [5.74, 6) is 0.698. The quantitative estimate of drug-likeness (QED) is 0.867. The summed E-state index contributed by atoms with van der Waals surface area (Å²) < 4.78 is 0. The molecule has 1 saturated carbocycles. The lowest BCUT2D eigenvalue weighted by Crippen LogP contribution is -2.27. The average Bonchev–Trinajstić information content (AvgIpc) is 2.98. The predicted octanol–water partition coefficient (Wildman–Crippen LogP) is 3.76. The van der Waals surface area contributed by atoms with Crippen molar-refractivity contribution < 1.29 is 0 Å². The van der Waals surface area contributed by atoms with Gasteiger partial charge in [-0.25, -0.2) is 0 Å². The molecule has 0 aliphatic heterocycles. The Labute approximate surface area is 109 Å². The Hall–Kier alpha value is -1.34. The Morgan fingerprint density at radius 2 is 1.83 bits per heavy atom. The second-order valence-electron chi connectivity index (χ2n) is 6.35. The Kier molecular flexibility index (Phi) is 2.67. The lowest BCUT2D eigenvalue weighted by molar-refractivity contribution is 0.476. The van der Waals surface area contributed by atoms with Crippen LogP contribution in [0.1, 0.15) is 25.8 Å². The van der Waals surface area contributed by atoms with Gasteiger partial charge >= 0.3 is 0 Å². The first kappa shape index (κ1) is 11.7. The zero-order chi connectivity index (χ0) is 12.8. The highest BCUT2D eigenvalue weighted by Crippen LogP contribution is 2.53. The molecule has 2 unspecified atom stereocenters. The van der Waals surface area contributed by atoms with E-state index in [1.165, 1.54) is 22.8 Å². The standard InChI is InChI=1S/C17H21N/c1-17(2)11-15(17)16(18)10-12-7-8-13-5-3-4-6-14(13)9-12/h3-9,15-16H,10-11,18H2,1-2H3. The molecule has 3 rings (SSSR count). The second-order valence-corrected chi connectivity index (χ2v) is 6.35. The van der Waals surface area contributed by atoms with E-state index in [2.05, 4.69) is 56.3 Å². The molecule has 0 bridgehead atoms. The minimum atomic E-state index is 0.307. The predicted molar refractivity (Wildman–Crippen MR) is 77.5 cm³/mol. The fraction of sp³-hybridized carbons (Fsp3) is 0.412. The summed E-state index contributed by atoms with van der Waals surface area (Å²) in [7, 11) is 0. The van der Waals surface area contributed by atoms with Gasteiger partial charge in [0.25, 0.3) is 0 Å². The molecule has 2 aromatic rings. The fourth-order valence-corrected chi connectivity index (χ4v) is 3.02. The zero-order valence-corrected chi connectivity index (χ0v) is 11.2. The maximum atomic E-state index is 6.33. The van der Waals surface area contributed by atoms with Crippen LogP contribution in [0, 0.1) is 11.3 Å². The summed E-state index contributed by atoms with van der Waals surface area (Å²) in [6.45, 7) is 4.63. The summed E-state index contributed by atoms with van der Waals surface area (Å²) in [6, 6.07) is 15.5.